The van der Waals surface area contributed by atoms with Crippen molar-refractivity contribution in [2.24, 2.45) is 0 Å². The highest BCUT2D eigenvalue weighted by atomic mass is 31.1. The second-order valence-electron chi connectivity index (χ2n) is 3.04. The highest BCUT2D eigenvalue weighted by Gasteiger charge is 2.29. The molecule has 0 spiro atoms. The van der Waals surface area contributed by atoms with E-state index in [1.54, 1.807) is 0 Å². The number of hydrogen-bond acceptors (Lipinski definition) is 5. The number of hydrogen-bond donors (Lipinski definition) is 2. The summed E-state index contributed by atoms with van der Waals surface area (Å²) in [6, 6.07) is -1.43. The molecule has 0 unspecified atom stereocenters. The third-order valence-electron chi connectivity index (χ3n) is 1.73. The van der Waals surface area contributed by atoms with E-state index in [9.17, 15) is 14.2 Å². The molecular formula is C8H16N2O5P+. The van der Waals surface area contributed by atoms with Gasteiger partial charge in [-0.15, -0.1) is 0 Å². The Morgan fingerprint density at radius 2 is 1.31 bits per heavy atom. The summed E-state index contributed by atoms with van der Waals surface area (Å²) in [4.78, 5) is 22.0. The maximum atomic E-state index is 11.4. The Bertz CT molecular complexity index is 258. The zero-order valence-corrected chi connectivity index (χ0v) is 10.5. The van der Waals surface area contributed by atoms with Crippen molar-refractivity contribution in [3.8, 4) is 0 Å². The summed E-state index contributed by atoms with van der Waals surface area (Å²) in [5, 5.41) is 4.91. The van der Waals surface area contributed by atoms with Crippen LogP contribution in [0.25, 0.3) is 0 Å². The van der Waals surface area contributed by atoms with E-state index in [2.05, 4.69) is 19.6 Å². The maximum absolute atomic E-state index is 11.4. The van der Waals surface area contributed by atoms with Crippen LogP contribution in [-0.4, -0.2) is 38.2 Å². The Hall–Kier alpha value is -1.04. The fourth-order valence-corrected chi connectivity index (χ4v) is 1.84. The molecule has 0 heterocycles. The van der Waals surface area contributed by atoms with Gasteiger partial charge in [-0.05, 0) is 18.4 Å². The van der Waals surface area contributed by atoms with Gasteiger partial charge in [0.05, 0.1) is 14.2 Å². The van der Waals surface area contributed by atoms with Crippen molar-refractivity contribution >= 4 is 20.0 Å². The Balaban J connectivity index is 4.08. The molecule has 16 heavy (non-hydrogen) atoms. The van der Waals surface area contributed by atoms with E-state index in [1.165, 1.54) is 28.1 Å². The topological polar surface area (TPSA) is 93.7 Å². The summed E-state index contributed by atoms with van der Waals surface area (Å²) >= 11 is 0. The Labute approximate surface area is 94.8 Å². The lowest BCUT2D eigenvalue weighted by Crippen LogP contribution is -2.37. The van der Waals surface area contributed by atoms with Crippen LogP contribution in [0.3, 0.4) is 0 Å². The number of rotatable bonds is 6. The molecule has 0 amide bonds. The zero-order valence-electron chi connectivity index (χ0n) is 9.64. The van der Waals surface area contributed by atoms with Gasteiger partial charge in [0.25, 0.3) is 0 Å². The molecule has 0 aliphatic heterocycles. The number of esters is 2. The van der Waals surface area contributed by atoms with Crippen LogP contribution in [0.1, 0.15) is 13.8 Å². The molecule has 0 aromatic rings. The predicted octanol–water partition coefficient (Wildman–Crippen LogP) is -0.0540. The molecule has 0 rings (SSSR count). The van der Waals surface area contributed by atoms with Crippen molar-refractivity contribution in [2.45, 2.75) is 25.9 Å². The van der Waals surface area contributed by atoms with Crippen molar-refractivity contribution < 1.29 is 23.6 Å². The monoisotopic (exact) mass is 251 g/mol. The van der Waals surface area contributed by atoms with Crippen LogP contribution < -0.4 is 10.2 Å². The smallest absolute Gasteiger partial charge is 0.468 e. The highest BCUT2D eigenvalue weighted by molar-refractivity contribution is 7.40. The average Bonchev–Trinajstić information content (AvgIpc) is 2.26. The van der Waals surface area contributed by atoms with E-state index in [0.717, 1.165) is 0 Å². The Morgan fingerprint density at radius 1 is 1.00 bits per heavy atom. The molecule has 0 saturated heterocycles. The molecule has 7 nitrogen and oxygen atoms in total. The van der Waals surface area contributed by atoms with Crippen molar-refractivity contribution in [1.29, 1.82) is 0 Å². The quantitative estimate of drug-likeness (QED) is 0.504. The number of carbonyl (C=O) groups is 2. The van der Waals surface area contributed by atoms with Gasteiger partial charge in [-0.3, -0.25) is 9.59 Å². The molecule has 0 radical (unpaired) electrons. The second-order valence-corrected chi connectivity index (χ2v) is 4.15. The fourth-order valence-electron chi connectivity index (χ4n) is 0.848. The molecule has 0 saturated carbocycles. The van der Waals surface area contributed by atoms with Gasteiger partial charge in [0.15, 0.2) is 0 Å². The summed E-state index contributed by atoms with van der Waals surface area (Å²) in [6.07, 6.45) is 0. The van der Waals surface area contributed by atoms with Gasteiger partial charge >= 0.3 is 20.0 Å². The minimum absolute atomic E-state index is 0.532. The van der Waals surface area contributed by atoms with Crippen LogP contribution in [0.15, 0.2) is 0 Å². The van der Waals surface area contributed by atoms with Crippen LogP contribution in [0.2, 0.25) is 0 Å². The van der Waals surface area contributed by atoms with Crippen molar-refractivity contribution in [3.05, 3.63) is 0 Å². The van der Waals surface area contributed by atoms with Gasteiger partial charge in [0.1, 0.15) is 12.1 Å². The molecule has 0 aromatic carbocycles. The Kier molecular flexibility index (Phi) is 6.80. The van der Waals surface area contributed by atoms with Gasteiger partial charge in [0, 0.05) is 0 Å². The first kappa shape index (κ1) is 15.0. The normalized spacial score (nSPS) is 13.8. The first-order valence-corrected chi connectivity index (χ1v) is 5.83. The maximum Gasteiger partial charge on any atom is 0.533 e. The highest BCUT2D eigenvalue weighted by Crippen LogP contribution is 2.11. The fraction of sp³-hybridized carbons (Fsp3) is 0.750. The number of ether oxygens (including phenoxy) is 2. The molecular weight excluding hydrogens is 235 g/mol. The third kappa shape index (κ3) is 5.16. The van der Waals surface area contributed by atoms with Gasteiger partial charge in [-0.25, -0.2) is 0 Å². The molecule has 0 bridgehead atoms. The third-order valence-corrected chi connectivity index (χ3v) is 2.97. The number of nitrogens with one attached hydrogen (secondary N) is 2. The van der Waals surface area contributed by atoms with Crippen LogP contribution in [0, 0.1) is 0 Å². The van der Waals surface area contributed by atoms with Crippen molar-refractivity contribution in [2.75, 3.05) is 14.2 Å². The minimum Gasteiger partial charge on any atom is -0.468 e. The van der Waals surface area contributed by atoms with Crippen molar-refractivity contribution in [3.63, 3.8) is 0 Å². The Morgan fingerprint density at radius 3 is 1.56 bits per heavy atom. The molecule has 92 valence electrons. The van der Waals surface area contributed by atoms with Crippen LogP contribution >= 0.6 is 8.10 Å². The first-order valence-electron chi connectivity index (χ1n) is 4.57. The van der Waals surface area contributed by atoms with Crippen molar-refractivity contribution in [1.82, 2.24) is 10.2 Å². The number of methoxy groups -OCH3 is 2. The van der Waals surface area contributed by atoms with E-state index in [0.29, 0.717) is 0 Å². The molecule has 0 aliphatic rings. The largest absolute Gasteiger partial charge is 0.533 e. The lowest BCUT2D eigenvalue weighted by atomic mass is 10.4. The number of carbonyl (C=O) groups excluding carboxylic acids is 2. The summed E-state index contributed by atoms with van der Waals surface area (Å²) < 4.78 is 20.3. The summed E-state index contributed by atoms with van der Waals surface area (Å²) in [7, 11) is 0.381. The van der Waals surface area contributed by atoms with E-state index < -0.39 is 32.1 Å². The summed E-state index contributed by atoms with van der Waals surface area (Å²) in [5.41, 5.74) is 0. The zero-order chi connectivity index (χ0) is 12.7. The van der Waals surface area contributed by atoms with Crippen LogP contribution in [0.4, 0.5) is 0 Å². The lowest BCUT2D eigenvalue weighted by Gasteiger charge is -2.06. The van der Waals surface area contributed by atoms with Gasteiger partial charge in [0.2, 0.25) is 0 Å². The summed E-state index contributed by atoms with van der Waals surface area (Å²) in [6.45, 7) is 3.01. The van der Waals surface area contributed by atoms with Gasteiger partial charge < -0.3 is 9.47 Å². The second kappa shape index (κ2) is 7.27. The van der Waals surface area contributed by atoms with E-state index in [4.69, 9.17) is 0 Å². The van der Waals surface area contributed by atoms with E-state index >= 15 is 0 Å². The first-order chi connectivity index (χ1) is 7.42. The standard InChI is InChI=1S/C8H16N2O5P/c1-5(7(11)14-3)9-16(13)10-6(2)8(12)15-4/h5-6H,1-4H3,(H2,9,10,13)/q+1/t5-,6-/m0/s1. The van der Waals surface area contributed by atoms with Gasteiger partial charge in [-0.2, -0.15) is 0 Å². The minimum atomic E-state index is -2.09. The van der Waals surface area contributed by atoms with E-state index in [-0.39, 0.29) is 0 Å². The molecule has 2 N–H and O–H groups in total. The predicted molar refractivity (Wildman–Crippen MR) is 56.8 cm³/mol. The molecule has 2 atom stereocenters. The SMILES string of the molecule is COC(=O)[C@H](C)N[P+](=O)N[C@@H](C)C(=O)OC. The molecule has 0 aliphatic carbocycles. The van der Waals surface area contributed by atoms with E-state index in [1.807, 2.05) is 0 Å². The molecule has 0 fully saturated rings. The molecule has 0 aromatic heterocycles. The molecule has 8 heteroatoms. The van der Waals surface area contributed by atoms with Crippen LogP contribution in [0.5, 0.6) is 0 Å². The van der Waals surface area contributed by atoms with Gasteiger partial charge in [-0.1, -0.05) is 10.2 Å². The summed E-state index contributed by atoms with van der Waals surface area (Å²) in [5.74, 6) is -1.06. The van der Waals surface area contributed by atoms with Crippen LogP contribution in [-0.2, 0) is 23.6 Å². The average molecular weight is 251 g/mol. The lowest BCUT2D eigenvalue weighted by molar-refractivity contribution is -0.142.